The van der Waals surface area contributed by atoms with E-state index in [1.165, 1.54) is 7.11 Å². The van der Waals surface area contributed by atoms with E-state index in [0.717, 1.165) is 24.3 Å². The van der Waals surface area contributed by atoms with Gasteiger partial charge in [-0.1, -0.05) is 0 Å². The maximum atomic E-state index is 11.5. The number of ether oxygens (including phenoxy) is 1. The Labute approximate surface area is 124 Å². The van der Waals surface area contributed by atoms with E-state index < -0.39 is 0 Å². The van der Waals surface area contributed by atoms with Crippen LogP contribution in [0.5, 0.6) is 0 Å². The van der Waals surface area contributed by atoms with E-state index in [-0.39, 0.29) is 12.0 Å². The molecule has 5 heteroatoms. The molecule has 0 bridgehead atoms. The van der Waals surface area contributed by atoms with Gasteiger partial charge >= 0.3 is 5.97 Å². The Hall–Kier alpha value is -2.43. The maximum absolute atomic E-state index is 11.5. The van der Waals surface area contributed by atoms with Gasteiger partial charge in [0.15, 0.2) is 0 Å². The third kappa shape index (κ3) is 4.02. The molecule has 0 aliphatic heterocycles. The van der Waals surface area contributed by atoms with Gasteiger partial charge in [0, 0.05) is 12.5 Å². The Morgan fingerprint density at radius 2 is 2.24 bits per heavy atom. The Morgan fingerprint density at radius 3 is 2.90 bits per heavy atom. The van der Waals surface area contributed by atoms with Crippen molar-refractivity contribution in [3.8, 4) is 0 Å². The van der Waals surface area contributed by atoms with Crippen LogP contribution in [0.4, 0.5) is 11.4 Å². The number of esters is 1. The van der Waals surface area contributed by atoms with E-state index in [0.29, 0.717) is 11.3 Å². The number of nitrogen functional groups attached to an aromatic ring is 1. The minimum absolute atomic E-state index is 0.199. The van der Waals surface area contributed by atoms with Crippen molar-refractivity contribution < 1.29 is 13.9 Å². The van der Waals surface area contributed by atoms with Crippen LogP contribution in [-0.4, -0.2) is 19.1 Å². The van der Waals surface area contributed by atoms with Gasteiger partial charge < -0.3 is 20.2 Å². The molecule has 5 nitrogen and oxygen atoms in total. The normalized spacial score (nSPS) is 11.9. The highest BCUT2D eigenvalue weighted by atomic mass is 16.5. The third-order valence-corrected chi connectivity index (χ3v) is 3.28. The molecule has 1 unspecified atom stereocenters. The van der Waals surface area contributed by atoms with Gasteiger partial charge in [-0.05, 0) is 43.7 Å². The number of furan rings is 1. The van der Waals surface area contributed by atoms with Gasteiger partial charge in [0.05, 0.1) is 30.3 Å². The Morgan fingerprint density at radius 1 is 1.43 bits per heavy atom. The summed E-state index contributed by atoms with van der Waals surface area (Å²) in [6.45, 7) is 2.06. The van der Waals surface area contributed by atoms with Gasteiger partial charge in [-0.2, -0.15) is 0 Å². The number of hydrogen-bond donors (Lipinski definition) is 2. The molecule has 0 spiro atoms. The summed E-state index contributed by atoms with van der Waals surface area (Å²) in [5.41, 5.74) is 7.76. The van der Waals surface area contributed by atoms with Crippen LogP contribution in [0.3, 0.4) is 0 Å². The fraction of sp³-hybridized carbons (Fsp3) is 0.312. The molecule has 0 aliphatic rings. The molecule has 3 N–H and O–H groups in total. The van der Waals surface area contributed by atoms with Crippen molar-refractivity contribution in [2.45, 2.75) is 25.8 Å². The summed E-state index contributed by atoms with van der Waals surface area (Å²) in [6.07, 6.45) is 3.42. The van der Waals surface area contributed by atoms with Crippen LogP contribution >= 0.6 is 0 Å². The number of methoxy groups -OCH3 is 1. The van der Waals surface area contributed by atoms with Crippen LogP contribution < -0.4 is 11.1 Å². The number of nitrogens with two attached hydrogens (primary N) is 1. The standard InChI is InChI=1S/C16H20N2O3/c1-11(5-7-13-4-3-9-21-13)18-15-10-12(16(19)20-2)6-8-14(15)17/h3-4,6,8-11,18H,5,7,17H2,1-2H3. The molecule has 2 rings (SSSR count). The lowest BCUT2D eigenvalue weighted by Gasteiger charge is -2.17. The van der Waals surface area contributed by atoms with Crippen LogP contribution in [0.1, 0.15) is 29.5 Å². The average molecular weight is 288 g/mol. The van der Waals surface area contributed by atoms with Crippen molar-refractivity contribution in [1.82, 2.24) is 0 Å². The highest BCUT2D eigenvalue weighted by Gasteiger charge is 2.11. The molecule has 0 amide bonds. The molecule has 0 aliphatic carbocycles. The number of nitrogens with one attached hydrogen (secondary N) is 1. The molecule has 112 valence electrons. The van der Waals surface area contributed by atoms with E-state index in [4.69, 9.17) is 14.9 Å². The first-order valence-electron chi connectivity index (χ1n) is 6.87. The monoisotopic (exact) mass is 288 g/mol. The predicted octanol–water partition coefficient (Wildman–Crippen LogP) is 3.08. The number of aryl methyl sites for hydroxylation is 1. The SMILES string of the molecule is COC(=O)c1ccc(N)c(NC(C)CCc2ccco2)c1. The molecule has 0 saturated carbocycles. The lowest BCUT2D eigenvalue weighted by molar-refractivity contribution is 0.0601. The molecular formula is C16H20N2O3. The fourth-order valence-electron chi connectivity index (χ4n) is 2.08. The van der Waals surface area contributed by atoms with Gasteiger partial charge in [-0.3, -0.25) is 0 Å². The van der Waals surface area contributed by atoms with Crippen molar-refractivity contribution >= 4 is 17.3 Å². The van der Waals surface area contributed by atoms with Crippen LogP contribution in [0, 0.1) is 0 Å². The average Bonchev–Trinajstić information content (AvgIpc) is 3.00. The second kappa shape index (κ2) is 6.83. The second-order valence-electron chi connectivity index (χ2n) is 4.96. The van der Waals surface area contributed by atoms with Crippen molar-refractivity contribution in [2.24, 2.45) is 0 Å². The van der Waals surface area contributed by atoms with Crippen LogP contribution in [0.25, 0.3) is 0 Å². The number of carbonyl (C=O) groups is 1. The molecule has 2 aromatic rings. The minimum atomic E-state index is -0.374. The lowest BCUT2D eigenvalue weighted by atomic mass is 10.1. The Balaban J connectivity index is 1.99. The summed E-state index contributed by atoms with van der Waals surface area (Å²) in [4.78, 5) is 11.5. The van der Waals surface area contributed by atoms with Gasteiger partial charge in [0.1, 0.15) is 5.76 Å². The molecule has 21 heavy (non-hydrogen) atoms. The highest BCUT2D eigenvalue weighted by Crippen LogP contribution is 2.22. The van der Waals surface area contributed by atoms with Crippen LogP contribution in [0.2, 0.25) is 0 Å². The molecule has 0 saturated heterocycles. The van der Waals surface area contributed by atoms with E-state index >= 15 is 0 Å². The van der Waals surface area contributed by atoms with Crippen molar-refractivity contribution in [1.29, 1.82) is 0 Å². The van der Waals surface area contributed by atoms with Crippen molar-refractivity contribution in [3.63, 3.8) is 0 Å². The summed E-state index contributed by atoms with van der Waals surface area (Å²) in [5.74, 6) is 0.584. The Bertz CT molecular complexity index is 594. The highest BCUT2D eigenvalue weighted by molar-refractivity contribution is 5.91. The van der Waals surface area contributed by atoms with Crippen molar-refractivity contribution in [3.05, 3.63) is 47.9 Å². The Kier molecular flexibility index (Phi) is 4.87. The second-order valence-corrected chi connectivity index (χ2v) is 4.96. The largest absolute Gasteiger partial charge is 0.469 e. The lowest BCUT2D eigenvalue weighted by Crippen LogP contribution is -2.17. The summed E-state index contributed by atoms with van der Waals surface area (Å²) in [7, 11) is 1.36. The fourth-order valence-corrected chi connectivity index (χ4v) is 2.08. The summed E-state index contributed by atoms with van der Waals surface area (Å²) in [5, 5.41) is 3.32. The summed E-state index contributed by atoms with van der Waals surface area (Å²) < 4.78 is 10.0. The van der Waals surface area contributed by atoms with Gasteiger partial charge in [0.25, 0.3) is 0 Å². The number of benzene rings is 1. The zero-order chi connectivity index (χ0) is 15.2. The molecule has 1 atom stereocenters. The number of rotatable bonds is 6. The first kappa shape index (κ1) is 15.0. The van der Waals surface area contributed by atoms with Crippen molar-refractivity contribution in [2.75, 3.05) is 18.2 Å². The molecule has 1 heterocycles. The minimum Gasteiger partial charge on any atom is -0.469 e. The number of hydrogen-bond acceptors (Lipinski definition) is 5. The summed E-state index contributed by atoms with van der Waals surface area (Å²) in [6, 6.07) is 9.10. The molecule has 1 aromatic heterocycles. The van der Waals surface area contributed by atoms with E-state index in [1.54, 1.807) is 24.5 Å². The first-order valence-corrected chi connectivity index (χ1v) is 6.87. The zero-order valence-corrected chi connectivity index (χ0v) is 12.3. The predicted molar refractivity (Wildman–Crippen MR) is 82.3 cm³/mol. The van der Waals surface area contributed by atoms with Gasteiger partial charge in [-0.25, -0.2) is 4.79 Å². The quantitative estimate of drug-likeness (QED) is 0.631. The number of anilines is 2. The third-order valence-electron chi connectivity index (χ3n) is 3.28. The smallest absolute Gasteiger partial charge is 0.337 e. The van der Waals surface area contributed by atoms with E-state index in [2.05, 4.69) is 12.2 Å². The molecular weight excluding hydrogens is 268 g/mol. The van der Waals surface area contributed by atoms with Gasteiger partial charge in [0.2, 0.25) is 0 Å². The molecule has 1 aromatic carbocycles. The van der Waals surface area contributed by atoms with E-state index in [9.17, 15) is 4.79 Å². The number of carbonyl (C=O) groups excluding carboxylic acids is 1. The van der Waals surface area contributed by atoms with E-state index in [1.807, 2.05) is 12.1 Å². The van der Waals surface area contributed by atoms with Crippen LogP contribution in [0.15, 0.2) is 41.0 Å². The molecule has 0 fully saturated rings. The van der Waals surface area contributed by atoms with Gasteiger partial charge in [-0.15, -0.1) is 0 Å². The maximum Gasteiger partial charge on any atom is 0.337 e. The van der Waals surface area contributed by atoms with Crippen LogP contribution in [-0.2, 0) is 11.2 Å². The zero-order valence-electron chi connectivity index (χ0n) is 12.3. The summed E-state index contributed by atoms with van der Waals surface area (Å²) >= 11 is 0. The molecule has 0 radical (unpaired) electrons. The topological polar surface area (TPSA) is 77.5 Å². The first-order chi connectivity index (χ1) is 10.1.